The fourth-order valence-electron chi connectivity index (χ4n) is 1.38. The Hall–Kier alpha value is -1.69. The molecule has 0 unspecified atom stereocenters. The average Bonchev–Trinajstić information content (AvgIpc) is 2.40. The Morgan fingerprint density at radius 1 is 1.30 bits per heavy atom. The van der Waals surface area contributed by atoms with Crippen molar-refractivity contribution >= 4 is 11.6 Å². The maximum Gasteiger partial charge on any atom is 0.209 e. The summed E-state index contributed by atoms with van der Waals surface area (Å²) >= 11 is 5.59. The van der Waals surface area contributed by atoms with Crippen LogP contribution in [0.4, 0.5) is 0 Å². The molecule has 0 saturated heterocycles. The van der Waals surface area contributed by atoms with E-state index in [0.717, 1.165) is 12.1 Å². The zero-order valence-corrected chi connectivity index (χ0v) is 12.3. The Kier molecular flexibility index (Phi) is 6.93. The second kappa shape index (κ2) is 8.47. The van der Waals surface area contributed by atoms with Crippen molar-refractivity contribution in [2.45, 2.75) is 0 Å². The Balaban J connectivity index is 0.000000286. The summed E-state index contributed by atoms with van der Waals surface area (Å²) in [6, 6.07) is 10.6. The molecule has 0 atom stereocenters. The first-order valence-corrected chi connectivity index (χ1v) is 6.48. The number of hydrogen-bond donors (Lipinski definition) is 2. The average molecular weight is 296 g/mol. The van der Waals surface area contributed by atoms with E-state index in [2.05, 4.69) is 10.2 Å². The van der Waals surface area contributed by atoms with Crippen LogP contribution in [0.3, 0.4) is 0 Å². The lowest BCUT2D eigenvalue weighted by molar-refractivity contribution is 0.243. The molecule has 5 nitrogen and oxygen atoms in total. The van der Waals surface area contributed by atoms with E-state index >= 15 is 0 Å². The van der Waals surface area contributed by atoms with Gasteiger partial charge in [0.25, 0.3) is 0 Å². The molecule has 1 aromatic carbocycles. The van der Waals surface area contributed by atoms with Crippen LogP contribution in [0.1, 0.15) is 0 Å². The van der Waals surface area contributed by atoms with Gasteiger partial charge in [0.1, 0.15) is 10.8 Å². The van der Waals surface area contributed by atoms with E-state index in [9.17, 15) is 4.79 Å². The largest absolute Gasteiger partial charge is 0.395 e. The molecule has 20 heavy (non-hydrogen) atoms. The van der Waals surface area contributed by atoms with Gasteiger partial charge in [0.15, 0.2) is 0 Å². The second-order valence-electron chi connectivity index (χ2n) is 4.32. The van der Waals surface area contributed by atoms with Gasteiger partial charge in [-0.25, -0.2) is 0 Å². The van der Waals surface area contributed by atoms with E-state index in [1.165, 1.54) is 6.07 Å². The highest BCUT2D eigenvalue weighted by atomic mass is 35.5. The van der Waals surface area contributed by atoms with Gasteiger partial charge in [0.05, 0.1) is 6.61 Å². The van der Waals surface area contributed by atoms with E-state index in [1.807, 2.05) is 49.3 Å². The van der Waals surface area contributed by atoms with Crippen molar-refractivity contribution in [3.63, 3.8) is 0 Å². The number of likely N-dealkylation sites (N-methyl/N-ethyl adjacent to an activating group) is 1. The van der Waals surface area contributed by atoms with Crippen LogP contribution in [0.25, 0.3) is 11.3 Å². The summed E-state index contributed by atoms with van der Waals surface area (Å²) in [5.74, 6) is 0. The van der Waals surface area contributed by atoms with E-state index in [-0.39, 0.29) is 17.2 Å². The van der Waals surface area contributed by atoms with Crippen molar-refractivity contribution in [2.24, 2.45) is 0 Å². The van der Waals surface area contributed by atoms with Gasteiger partial charge >= 0.3 is 0 Å². The summed E-state index contributed by atoms with van der Waals surface area (Å²) in [6.07, 6.45) is 0. The number of rotatable bonds is 3. The first-order chi connectivity index (χ1) is 9.54. The number of H-pyrrole nitrogens is 1. The third-order valence-corrected chi connectivity index (χ3v) is 2.55. The number of nitrogens with one attached hydrogen (secondary N) is 1. The molecule has 0 spiro atoms. The number of aromatic nitrogens is 2. The minimum absolute atomic E-state index is 0.181. The van der Waals surface area contributed by atoms with Crippen molar-refractivity contribution in [3.05, 3.63) is 51.8 Å². The maximum atomic E-state index is 11.5. The van der Waals surface area contributed by atoms with Crippen molar-refractivity contribution in [2.75, 3.05) is 27.2 Å². The van der Waals surface area contributed by atoms with Crippen LogP contribution in [-0.2, 0) is 0 Å². The molecular weight excluding hydrogens is 278 g/mol. The van der Waals surface area contributed by atoms with E-state index in [0.29, 0.717) is 5.69 Å². The Morgan fingerprint density at radius 3 is 2.40 bits per heavy atom. The van der Waals surface area contributed by atoms with Crippen molar-refractivity contribution in [1.82, 2.24) is 15.1 Å². The molecule has 0 aliphatic rings. The standard InChI is InChI=1S/C10H7ClN2O.C4H11NO/c11-9-6-8(14)10(13-12-9)7-4-2-1-3-5-7;1-5(2)3-4-6/h1-6H,(H,12,14);6H,3-4H2,1-2H3. The van der Waals surface area contributed by atoms with Gasteiger partial charge < -0.3 is 10.0 Å². The number of aliphatic hydroxyl groups excluding tert-OH is 1. The summed E-state index contributed by atoms with van der Waals surface area (Å²) in [4.78, 5) is 13.4. The molecule has 0 radical (unpaired) electrons. The molecule has 1 aromatic heterocycles. The number of hydrogen-bond acceptors (Lipinski definition) is 4. The number of aliphatic hydroxyl groups is 1. The molecular formula is C14H18ClN3O2. The molecule has 2 rings (SSSR count). The first kappa shape index (κ1) is 16.4. The number of nitrogens with zero attached hydrogens (tertiary/aromatic N) is 2. The normalized spacial score (nSPS) is 10.1. The fraction of sp³-hybridized carbons (Fsp3) is 0.286. The van der Waals surface area contributed by atoms with Gasteiger partial charge in [-0.05, 0) is 14.1 Å². The minimum atomic E-state index is -0.181. The fourth-order valence-corrected chi connectivity index (χ4v) is 1.52. The molecule has 0 aliphatic heterocycles. The van der Waals surface area contributed by atoms with Gasteiger partial charge in [-0.15, -0.1) is 0 Å². The highest BCUT2D eigenvalue weighted by Crippen LogP contribution is 2.11. The smallest absolute Gasteiger partial charge is 0.209 e. The maximum absolute atomic E-state index is 11.5. The van der Waals surface area contributed by atoms with E-state index < -0.39 is 0 Å². The molecule has 2 N–H and O–H groups in total. The molecule has 0 bridgehead atoms. The van der Waals surface area contributed by atoms with Crippen LogP contribution in [0, 0.1) is 0 Å². The molecule has 108 valence electrons. The number of aromatic amines is 1. The monoisotopic (exact) mass is 295 g/mol. The third-order valence-electron chi connectivity index (χ3n) is 2.36. The van der Waals surface area contributed by atoms with Crippen molar-refractivity contribution < 1.29 is 5.11 Å². The summed E-state index contributed by atoms with van der Waals surface area (Å²) in [6.45, 7) is 1.02. The van der Waals surface area contributed by atoms with Crippen LogP contribution in [-0.4, -0.2) is 47.5 Å². The number of benzene rings is 1. The van der Waals surface area contributed by atoms with Crippen molar-refractivity contribution in [3.8, 4) is 11.3 Å². The van der Waals surface area contributed by atoms with Gasteiger partial charge in [-0.2, -0.15) is 5.10 Å². The van der Waals surface area contributed by atoms with Crippen LogP contribution >= 0.6 is 11.6 Å². The Morgan fingerprint density at radius 2 is 1.95 bits per heavy atom. The SMILES string of the molecule is CN(C)CCO.O=c1cc(Cl)[nH]nc1-c1ccccc1. The summed E-state index contributed by atoms with van der Waals surface area (Å²) in [5.41, 5.74) is 0.986. The molecule has 0 aliphatic carbocycles. The highest BCUT2D eigenvalue weighted by Gasteiger charge is 2.03. The minimum Gasteiger partial charge on any atom is -0.395 e. The lowest BCUT2D eigenvalue weighted by Crippen LogP contribution is -2.15. The van der Waals surface area contributed by atoms with Crippen LogP contribution in [0.15, 0.2) is 41.2 Å². The number of halogens is 1. The topological polar surface area (TPSA) is 69.2 Å². The second-order valence-corrected chi connectivity index (χ2v) is 4.73. The zero-order valence-electron chi connectivity index (χ0n) is 11.5. The summed E-state index contributed by atoms with van der Waals surface area (Å²) < 4.78 is 0. The van der Waals surface area contributed by atoms with Crippen LogP contribution in [0.2, 0.25) is 5.15 Å². The molecule has 2 aromatic rings. The van der Waals surface area contributed by atoms with E-state index in [4.69, 9.17) is 16.7 Å². The van der Waals surface area contributed by atoms with Gasteiger partial charge in [-0.1, -0.05) is 41.9 Å². The van der Waals surface area contributed by atoms with Crippen molar-refractivity contribution in [1.29, 1.82) is 0 Å². The van der Waals surface area contributed by atoms with Crippen LogP contribution in [0.5, 0.6) is 0 Å². The van der Waals surface area contributed by atoms with Gasteiger partial charge in [0, 0.05) is 18.2 Å². The predicted octanol–water partition coefficient (Wildman–Crippen LogP) is 1.63. The quantitative estimate of drug-likeness (QED) is 0.903. The summed E-state index contributed by atoms with van der Waals surface area (Å²) in [5, 5.41) is 14.9. The first-order valence-electron chi connectivity index (χ1n) is 6.11. The zero-order chi connectivity index (χ0) is 15.0. The third kappa shape index (κ3) is 5.52. The predicted molar refractivity (Wildman–Crippen MR) is 80.9 cm³/mol. The van der Waals surface area contributed by atoms with Gasteiger partial charge in [-0.3, -0.25) is 9.89 Å². The molecule has 1 heterocycles. The van der Waals surface area contributed by atoms with Crippen LogP contribution < -0.4 is 5.43 Å². The summed E-state index contributed by atoms with van der Waals surface area (Å²) in [7, 11) is 3.85. The highest BCUT2D eigenvalue weighted by molar-refractivity contribution is 6.29. The molecule has 6 heteroatoms. The van der Waals surface area contributed by atoms with E-state index in [1.54, 1.807) is 0 Å². The molecule has 0 amide bonds. The molecule has 0 fully saturated rings. The molecule has 0 saturated carbocycles. The lowest BCUT2D eigenvalue weighted by Gasteiger charge is -2.03. The van der Waals surface area contributed by atoms with Gasteiger partial charge in [0.2, 0.25) is 5.43 Å². The Bertz CT molecular complexity index is 570. The Labute approximate surface area is 122 Å². The lowest BCUT2D eigenvalue weighted by atomic mass is 10.1.